The summed E-state index contributed by atoms with van der Waals surface area (Å²) in [6.45, 7) is 1.35. The van der Waals surface area contributed by atoms with Crippen molar-refractivity contribution in [2.24, 2.45) is 4.99 Å². The fourth-order valence-electron chi connectivity index (χ4n) is 3.01. The zero-order valence-electron chi connectivity index (χ0n) is 17.7. The number of guanidine groups is 1. The number of benzene rings is 2. The molecular weight excluding hydrogens is 412 g/mol. The SMILES string of the molecule is CN=C(NCCc1ccc(-n2cccn2)cc1)NCc1ccc(CS(=O)(=O)NC)cc1. The molecule has 31 heavy (non-hydrogen) atoms. The fraction of sp³-hybridized carbons (Fsp3) is 0.273. The lowest BCUT2D eigenvalue weighted by Gasteiger charge is -2.12. The van der Waals surface area contributed by atoms with Gasteiger partial charge in [0.1, 0.15) is 0 Å². The number of hydrogen-bond donors (Lipinski definition) is 3. The lowest BCUT2D eigenvalue weighted by molar-refractivity contribution is 0.587. The van der Waals surface area contributed by atoms with Crippen LogP contribution in [0.3, 0.4) is 0 Å². The van der Waals surface area contributed by atoms with Gasteiger partial charge in [-0.05, 0) is 48.4 Å². The van der Waals surface area contributed by atoms with Crippen LogP contribution in [0.2, 0.25) is 0 Å². The highest BCUT2D eigenvalue weighted by Gasteiger charge is 2.08. The molecule has 9 heteroatoms. The minimum Gasteiger partial charge on any atom is -0.356 e. The van der Waals surface area contributed by atoms with Crippen LogP contribution < -0.4 is 15.4 Å². The Labute approximate surface area is 183 Å². The summed E-state index contributed by atoms with van der Waals surface area (Å²) in [5.74, 6) is 0.693. The summed E-state index contributed by atoms with van der Waals surface area (Å²) in [7, 11) is -0.106. The van der Waals surface area contributed by atoms with E-state index in [0.717, 1.165) is 35.7 Å². The molecular formula is C22H28N6O2S. The van der Waals surface area contributed by atoms with Crippen molar-refractivity contribution in [3.05, 3.63) is 83.7 Å². The van der Waals surface area contributed by atoms with Gasteiger partial charge in [0.05, 0.1) is 11.4 Å². The van der Waals surface area contributed by atoms with Gasteiger partial charge >= 0.3 is 0 Å². The van der Waals surface area contributed by atoms with E-state index in [1.165, 1.54) is 12.6 Å². The maximum absolute atomic E-state index is 11.6. The van der Waals surface area contributed by atoms with Gasteiger partial charge in [0.15, 0.2) is 5.96 Å². The second-order valence-electron chi connectivity index (χ2n) is 7.00. The van der Waals surface area contributed by atoms with E-state index in [9.17, 15) is 8.42 Å². The lowest BCUT2D eigenvalue weighted by atomic mass is 10.1. The fourth-order valence-corrected chi connectivity index (χ4v) is 3.79. The monoisotopic (exact) mass is 440 g/mol. The summed E-state index contributed by atoms with van der Waals surface area (Å²) in [4.78, 5) is 4.25. The molecule has 0 radical (unpaired) electrons. The predicted molar refractivity (Wildman–Crippen MR) is 124 cm³/mol. The Kier molecular flexibility index (Phi) is 7.80. The normalized spacial score (nSPS) is 12.0. The first-order valence-electron chi connectivity index (χ1n) is 10.0. The number of nitrogens with one attached hydrogen (secondary N) is 3. The first-order chi connectivity index (χ1) is 15.0. The van der Waals surface area contributed by atoms with Crippen LogP contribution in [0.4, 0.5) is 0 Å². The highest BCUT2D eigenvalue weighted by molar-refractivity contribution is 7.88. The van der Waals surface area contributed by atoms with E-state index in [1.807, 2.05) is 41.2 Å². The molecule has 8 nitrogen and oxygen atoms in total. The van der Waals surface area contributed by atoms with Crippen molar-refractivity contribution < 1.29 is 8.42 Å². The summed E-state index contributed by atoms with van der Waals surface area (Å²) in [6, 6.07) is 17.7. The molecule has 3 aromatic rings. The van der Waals surface area contributed by atoms with Gasteiger partial charge in [-0.2, -0.15) is 5.10 Å². The maximum atomic E-state index is 11.6. The van der Waals surface area contributed by atoms with Crippen molar-refractivity contribution in [2.45, 2.75) is 18.7 Å². The third-order valence-electron chi connectivity index (χ3n) is 4.79. The largest absolute Gasteiger partial charge is 0.356 e. The van der Waals surface area contributed by atoms with Crippen molar-refractivity contribution in [2.75, 3.05) is 20.6 Å². The minimum absolute atomic E-state index is 0.0244. The van der Waals surface area contributed by atoms with Crippen LogP contribution in [-0.4, -0.2) is 44.8 Å². The molecule has 1 aromatic heterocycles. The summed E-state index contributed by atoms with van der Waals surface area (Å²) < 4.78 is 27.4. The van der Waals surface area contributed by atoms with E-state index in [0.29, 0.717) is 6.54 Å². The molecule has 1 heterocycles. The molecule has 0 fully saturated rings. The van der Waals surface area contributed by atoms with Gasteiger partial charge in [0, 0.05) is 32.5 Å². The van der Waals surface area contributed by atoms with E-state index >= 15 is 0 Å². The number of aliphatic imine (C=N–C) groups is 1. The summed E-state index contributed by atoms with van der Waals surface area (Å²) in [6.07, 6.45) is 4.55. The molecule has 2 aromatic carbocycles. The molecule has 0 unspecified atom stereocenters. The molecule has 0 spiro atoms. The van der Waals surface area contributed by atoms with Gasteiger partial charge in [0.25, 0.3) is 0 Å². The molecule has 0 amide bonds. The Balaban J connectivity index is 1.43. The Bertz CT molecular complexity index is 1080. The van der Waals surface area contributed by atoms with Crippen LogP contribution in [0.1, 0.15) is 16.7 Å². The molecule has 0 aliphatic rings. The Hall–Kier alpha value is -3.17. The van der Waals surface area contributed by atoms with Crippen LogP contribution >= 0.6 is 0 Å². The van der Waals surface area contributed by atoms with Crippen molar-refractivity contribution in [1.29, 1.82) is 0 Å². The lowest BCUT2D eigenvalue weighted by Crippen LogP contribution is -2.37. The third kappa shape index (κ3) is 6.94. The molecule has 0 aliphatic carbocycles. The van der Waals surface area contributed by atoms with Crippen molar-refractivity contribution >= 4 is 16.0 Å². The first kappa shape index (κ1) is 22.5. The van der Waals surface area contributed by atoms with Crippen LogP contribution in [-0.2, 0) is 28.7 Å². The molecule has 0 aliphatic heterocycles. The number of rotatable bonds is 9. The van der Waals surface area contributed by atoms with Gasteiger partial charge < -0.3 is 10.6 Å². The zero-order valence-corrected chi connectivity index (χ0v) is 18.6. The number of sulfonamides is 1. The molecule has 0 saturated heterocycles. The van der Waals surface area contributed by atoms with Crippen molar-refractivity contribution in [3.8, 4) is 5.69 Å². The highest BCUT2D eigenvalue weighted by atomic mass is 32.2. The Morgan fingerprint density at radius 3 is 2.29 bits per heavy atom. The second kappa shape index (κ2) is 10.7. The van der Waals surface area contributed by atoms with Crippen LogP contribution in [0, 0.1) is 0 Å². The first-order valence-corrected chi connectivity index (χ1v) is 11.7. The average molecular weight is 441 g/mol. The second-order valence-corrected chi connectivity index (χ2v) is 8.93. The molecule has 0 bridgehead atoms. The highest BCUT2D eigenvalue weighted by Crippen LogP contribution is 2.09. The van der Waals surface area contributed by atoms with E-state index in [1.54, 1.807) is 13.2 Å². The van der Waals surface area contributed by atoms with Gasteiger partial charge in [0.2, 0.25) is 10.0 Å². The van der Waals surface area contributed by atoms with Crippen molar-refractivity contribution in [3.63, 3.8) is 0 Å². The van der Waals surface area contributed by atoms with E-state index in [4.69, 9.17) is 0 Å². The number of aromatic nitrogens is 2. The van der Waals surface area contributed by atoms with Crippen molar-refractivity contribution in [1.82, 2.24) is 25.1 Å². The molecule has 0 atom stereocenters. The molecule has 3 rings (SSSR count). The number of hydrogen-bond acceptors (Lipinski definition) is 4. The predicted octanol–water partition coefficient (Wildman–Crippen LogP) is 1.83. The van der Waals surface area contributed by atoms with Gasteiger partial charge in [-0.25, -0.2) is 17.8 Å². The Morgan fingerprint density at radius 1 is 1.00 bits per heavy atom. The summed E-state index contributed by atoms with van der Waals surface area (Å²) in [5.41, 5.74) is 4.06. The minimum atomic E-state index is -3.26. The number of nitrogens with zero attached hydrogens (tertiary/aromatic N) is 3. The molecule has 164 valence electrons. The van der Waals surface area contributed by atoms with E-state index < -0.39 is 10.0 Å². The smallest absolute Gasteiger partial charge is 0.215 e. The Morgan fingerprint density at radius 2 is 1.68 bits per heavy atom. The van der Waals surface area contributed by atoms with E-state index in [2.05, 4.69) is 49.7 Å². The summed E-state index contributed by atoms with van der Waals surface area (Å²) >= 11 is 0. The van der Waals surface area contributed by atoms with Gasteiger partial charge in [-0.3, -0.25) is 4.99 Å². The topological polar surface area (TPSA) is 100 Å². The van der Waals surface area contributed by atoms with Crippen LogP contribution in [0.5, 0.6) is 0 Å². The maximum Gasteiger partial charge on any atom is 0.215 e. The standard InChI is InChI=1S/C22H28N6O2S/c1-23-22(26-16-19-4-6-20(7-5-19)17-31(29,30)24-2)25-14-12-18-8-10-21(11-9-18)28-15-3-13-27-28/h3-11,13,15,24H,12,14,16-17H2,1-2H3,(H2,23,25,26). The van der Waals surface area contributed by atoms with Gasteiger partial charge in [-0.15, -0.1) is 0 Å². The summed E-state index contributed by atoms with van der Waals surface area (Å²) in [5, 5.41) is 10.8. The van der Waals surface area contributed by atoms with Crippen LogP contribution in [0.25, 0.3) is 5.69 Å². The average Bonchev–Trinajstić information content (AvgIpc) is 3.32. The molecule has 0 saturated carbocycles. The van der Waals surface area contributed by atoms with E-state index in [-0.39, 0.29) is 5.75 Å². The van der Waals surface area contributed by atoms with Crippen LogP contribution in [0.15, 0.2) is 72.0 Å². The third-order valence-corrected chi connectivity index (χ3v) is 6.12. The van der Waals surface area contributed by atoms with Gasteiger partial charge in [-0.1, -0.05) is 36.4 Å². The zero-order chi connectivity index (χ0) is 22.1. The quantitative estimate of drug-likeness (QED) is 0.348. The molecule has 3 N–H and O–H groups in total.